The Labute approximate surface area is 109 Å². The molecule has 0 atom stereocenters. The molecular formula is C15H24N2O. The fourth-order valence-corrected chi connectivity index (χ4v) is 2.61. The zero-order valence-corrected chi connectivity index (χ0v) is 11.3. The third-order valence-electron chi connectivity index (χ3n) is 3.79. The minimum atomic E-state index is 0.177. The number of hydrogen-bond acceptors (Lipinski definition) is 2. The molecule has 100 valence electrons. The van der Waals surface area contributed by atoms with E-state index in [2.05, 4.69) is 12.2 Å². The van der Waals surface area contributed by atoms with E-state index >= 15 is 0 Å². The fraction of sp³-hybridized carbons (Fsp3) is 0.667. The van der Waals surface area contributed by atoms with Gasteiger partial charge in [-0.15, -0.1) is 0 Å². The molecule has 0 aliphatic heterocycles. The van der Waals surface area contributed by atoms with Crippen LogP contribution < -0.4 is 10.9 Å². The van der Waals surface area contributed by atoms with Gasteiger partial charge in [-0.1, -0.05) is 32.3 Å². The molecule has 3 heteroatoms. The number of unbranched alkanes of at least 4 members (excludes halogenated alkanes) is 1. The zero-order chi connectivity index (χ0) is 12.8. The van der Waals surface area contributed by atoms with Crippen LogP contribution in [0.15, 0.2) is 23.1 Å². The van der Waals surface area contributed by atoms with Crippen molar-refractivity contribution in [2.24, 2.45) is 0 Å². The van der Waals surface area contributed by atoms with Gasteiger partial charge in [-0.2, -0.15) is 0 Å². The van der Waals surface area contributed by atoms with Crippen LogP contribution in [0, 0.1) is 0 Å². The second-order valence-electron chi connectivity index (χ2n) is 5.25. The predicted molar refractivity (Wildman–Crippen MR) is 74.7 cm³/mol. The predicted octanol–water partition coefficient (Wildman–Crippen LogP) is 2.68. The van der Waals surface area contributed by atoms with Crippen LogP contribution in [0.25, 0.3) is 0 Å². The summed E-state index contributed by atoms with van der Waals surface area (Å²) < 4.78 is 1.84. The van der Waals surface area contributed by atoms with E-state index in [1.54, 1.807) is 0 Å². The molecule has 0 aromatic carbocycles. The van der Waals surface area contributed by atoms with Crippen molar-refractivity contribution in [1.29, 1.82) is 0 Å². The lowest BCUT2D eigenvalue weighted by Gasteiger charge is -2.12. The second-order valence-corrected chi connectivity index (χ2v) is 5.25. The molecule has 1 heterocycles. The molecule has 1 aromatic heterocycles. The van der Waals surface area contributed by atoms with Gasteiger partial charge >= 0.3 is 0 Å². The van der Waals surface area contributed by atoms with E-state index in [1.165, 1.54) is 25.7 Å². The zero-order valence-electron chi connectivity index (χ0n) is 11.3. The van der Waals surface area contributed by atoms with Crippen molar-refractivity contribution >= 4 is 0 Å². The van der Waals surface area contributed by atoms with Crippen LogP contribution in [0.3, 0.4) is 0 Å². The number of nitrogens with zero attached hydrogens (tertiary/aromatic N) is 1. The van der Waals surface area contributed by atoms with Gasteiger partial charge in [0.05, 0.1) is 0 Å². The van der Waals surface area contributed by atoms with Crippen molar-refractivity contribution in [3.8, 4) is 0 Å². The fourth-order valence-electron chi connectivity index (χ4n) is 2.61. The van der Waals surface area contributed by atoms with E-state index < -0.39 is 0 Å². The normalized spacial score (nSPS) is 16.3. The molecule has 0 unspecified atom stereocenters. The first kappa shape index (κ1) is 13.3. The van der Waals surface area contributed by atoms with Gasteiger partial charge in [0, 0.05) is 30.9 Å². The maximum absolute atomic E-state index is 12.2. The molecule has 2 rings (SSSR count). The first-order valence-electron chi connectivity index (χ1n) is 7.23. The Balaban J connectivity index is 1.96. The maximum Gasteiger partial charge on any atom is 0.255 e. The largest absolute Gasteiger partial charge is 0.315 e. The lowest BCUT2D eigenvalue weighted by molar-refractivity contribution is 0.517. The van der Waals surface area contributed by atoms with Crippen LogP contribution in [-0.4, -0.2) is 10.6 Å². The Kier molecular flexibility index (Phi) is 5.00. The number of rotatable bonds is 6. The highest BCUT2D eigenvalue weighted by Crippen LogP contribution is 2.17. The third-order valence-corrected chi connectivity index (χ3v) is 3.79. The van der Waals surface area contributed by atoms with Gasteiger partial charge in [0.2, 0.25) is 0 Å². The molecule has 0 amide bonds. The second kappa shape index (κ2) is 6.74. The molecule has 0 saturated heterocycles. The highest BCUT2D eigenvalue weighted by atomic mass is 16.1. The van der Waals surface area contributed by atoms with E-state index in [4.69, 9.17) is 0 Å². The molecule has 1 fully saturated rings. The summed E-state index contributed by atoms with van der Waals surface area (Å²) in [6, 6.07) is 4.56. The molecule has 0 bridgehead atoms. The molecular weight excluding hydrogens is 224 g/mol. The standard InChI is InChI=1S/C15H24N2O/c1-2-3-10-17-11-6-7-13(15(17)18)12-16-14-8-4-5-9-14/h6-7,11,14,16H,2-5,8-10,12H2,1H3. The van der Waals surface area contributed by atoms with Crippen LogP contribution >= 0.6 is 0 Å². The van der Waals surface area contributed by atoms with Crippen molar-refractivity contribution in [3.63, 3.8) is 0 Å². The van der Waals surface area contributed by atoms with Crippen molar-refractivity contribution in [3.05, 3.63) is 34.2 Å². The highest BCUT2D eigenvalue weighted by Gasteiger charge is 2.14. The summed E-state index contributed by atoms with van der Waals surface area (Å²) in [5.74, 6) is 0. The third kappa shape index (κ3) is 3.45. The Hall–Kier alpha value is -1.09. The van der Waals surface area contributed by atoms with E-state index in [1.807, 2.05) is 22.9 Å². The van der Waals surface area contributed by atoms with Gasteiger partial charge in [0.25, 0.3) is 5.56 Å². The molecule has 1 aliphatic rings. The summed E-state index contributed by atoms with van der Waals surface area (Å²) >= 11 is 0. The minimum absolute atomic E-state index is 0.177. The quantitative estimate of drug-likeness (QED) is 0.840. The first-order valence-corrected chi connectivity index (χ1v) is 7.23. The number of aromatic nitrogens is 1. The molecule has 3 nitrogen and oxygen atoms in total. The van der Waals surface area contributed by atoms with Crippen molar-refractivity contribution in [1.82, 2.24) is 9.88 Å². The van der Waals surface area contributed by atoms with Gasteiger partial charge in [0.1, 0.15) is 0 Å². The number of nitrogens with one attached hydrogen (secondary N) is 1. The number of aryl methyl sites for hydroxylation is 1. The highest BCUT2D eigenvalue weighted by molar-refractivity contribution is 5.10. The van der Waals surface area contributed by atoms with Crippen molar-refractivity contribution < 1.29 is 0 Å². The van der Waals surface area contributed by atoms with Gasteiger partial charge in [-0.05, 0) is 25.3 Å². The molecule has 1 saturated carbocycles. The van der Waals surface area contributed by atoms with Crippen molar-refractivity contribution in [2.45, 2.75) is 64.6 Å². The van der Waals surface area contributed by atoms with Crippen LogP contribution in [-0.2, 0) is 13.1 Å². The molecule has 18 heavy (non-hydrogen) atoms. The van der Waals surface area contributed by atoms with E-state index in [-0.39, 0.29) is 5.56 Å². The Bertz CT molecular complexity index is 419. The minimum Gasteiger partial charge on any atom is -0.315 e. The number of hydrogen-bond donors (Lipinski definition) is 1. The Morgan fingerprint density at radius 3 is 2.89 bits per heavy atom. The molecule has 0 spiro atoms. The Morgan fingerprint density at radius 1 is 1.39 bits per heavy atom. The van der Waals surface area contributed by atoms with Crippen LogP contribution in [0.5, 0.6) is 0 Å². The summed E-state index contributed by atoms with van der Waals surface area (Å²) in [6.45, 7) is 3.71. The molecule has 1 aliphatic carbocycles. The summed E-state index contributed by atoms with van der Waals surface area (Å²) in [4.78, 5) is 12.2. The maximum atomic E-state index is 12.2. The van der Waals surface area contributed by atoms with Crippen LogP contribution in [0.4, 0.5) is 0 Å². The van der Waals surface area contributed by atoms with E-state index in [0.29, 0.717) is 6.04 Å². The van der Waals surface area contributed by atoms with Crippen LogP contribution in [0.1, 0.15) is 51.0 Å². The monoisotopic (exact) mass is 248 g/mol. The topological polar surface area (TPSA) is 34.0 Å². The first-order chi connectivity index (χ1) is 8.81. The summed E-state index contributed by atoms with van der Waals surface area (Å²) in [5, 5.41) is 3.51. The summed E-state index contributed by atoms with van der Waals surface area (Å²) in [6.07, 6.45) is 9.27. The molecule has 1 aromatic rings. The van der Waals surface area contributed by atoms with Gasteiger partial charge in [-0.25, -0.2) is 0 Å². The van der Waals surface area contributed by atoms with Crippen molar-refractivity contribution in [2.75, 3.05) is 0 Å². The SMILES string of the molecule is CCCCn1cccc(CNC2CCCC2)c1=O. The summed E-state index contributed by atoms with van der Waals surface area (Å²) in [5.41, 5.74) is 1.08. The smallest absolute Gasteiger partial charge is 0.255 e. The average molecular weight is 248 g/mol. The van der Waals surface area contributed by atoms with Gasteiger partial charge in [0.15, 0.2) is 0 Å². The Morgan fingerprint density at radius 2 is 2.17 bits per heavy atom. The summed E-state index contributed by atoms with van der Waals surface area (Å²) in [7, 11) is 0. The van der Waals surface area contributed by atoms with Gasteiger partial charge < -0.3 is 9.88 Å². The van der Waals surface area contributed by atoms with E-state index in [0.717, 1.165) is 31.5 Å². The molecule has 1 N–H and O–H groups in total. The van der Waals surface area contributed by atoms with E-state index in [9.17, 15) is 4.79 Å². The van der Waals surface area contributed by atoms with Gasteiger partial charge in [-0.3, -0.25) is 4.79 Å². The molecule has 0 radical (unpaired) electrons. The lowest BCUT2D eigenvalue weighted by atomic mass is 10.2. The van der Waals surface area contributed by atoms with Crippen LogP contribution in [0.2, 0.25) is 0 Å². The average Bonchev–Trinajstić information content (AvgIpc) is 2.89. The number of pyridine rings is 1. The lowest BCUT2D eigenvalue weighted by Crippen LogP contribution is -2.31.